The van der Waals surface area contributed by atoms with Crippen LogP contribution >= 0.6 is 28.3 Å². The van der Waals surface area contributed by atoms with E-state index in [-0.39, 0.29) is 24.2 Å². The van der Waals surface area contributed by atoms with Gasteiger partial charge in [-0.3, -0.25) is 4.79 Å². The fourth-order valence-electron chi connectivity index (χ4n) is 3.09. The molecule has 142 valence electrons. The average molecular weight is 434 g/mol. The van der Waals surface area contributed by atoms with Gasteiger partial charge in [0.2, 0.25) is 5.91 Å². The third-order valence-electron chi connectivity index (χ3n) is 4.46. The van der Waals surface area contributed by atoms with E-state index >= 15 is 0 Å². The number of halogens is 2. The quantitative estimate of drug-likeness (QED) is 0.617. The van der Waals surface area contributed by atoms with Crippen molar-refractivity contribution in [3.05, 3.63) is 28.7 Å². The molecule has 2 atom stereocenters. The highest BCUT2D eigenvalue weighted by Gasteiger charge is 2.29. The van der Waals surface area contributed by atoms with E-state index < -0.39 is 0 Å². The molecule has 1 N–H and O–H groups in total. The number of carbonyl (C=O) groups is 1. The van der Waals surface area contributed by atoms with Crippen LogP contribution in [0, 0.1) is 5.92 Å². The SMILES string of the molecule is CCCCOCCN(C(=O)[C@H]1CCN[C@@H](C)C1)c1cccc(Br)c1.Cl. The summed E-state index contributed by atoms with van der Waals surface area (Å²) in [6.07, 6.45) is 4.00. The molecule has 0 saturated carbocycles. The molecule has 1 aliphatic heterocycles. The summed E-state index contributed by atoms with van der Waals surface area (Å²) < 4.78 is 6.69. The Labute approximate surface area is 166 Å². The van der Waals surface area contributed by atoms with Gasteiger partial charge in [0.15, 0.2) is 0 Å². The lowest BCUT2D eigenvalue weighted by atomic mass is 9.92. The van der Waals surface area contributed by atoms with Crippen molar-refractivity contribution in [2.45, 2.75) is 45.6 Å². The molecule has 0 unspecified atom stereocenters. The molecule has 1 aromatic rings. The van der Waals surface area contributed by atoms with Gasteiger partial charge < -0.3 is 15.0 Å². The molecule has 4 nitrogen and oxygen atoms in total. The van der Waals surface area contributed by atoms with Gasteiger partial charge in [-0.25, -0.2) is 0 Å². The van der Waals surface area contributed by atoms with Crippen molar-refractivity contribution >= 4 is 39.9 Å². The first-order valence-electron chi connectivity index (χ1n) is 9.00. The molecule has 1 aromatic carbocycles. The number of nitrogens with one attached hydrogen (secondary N) is 1. The highest BCUT2D eigenvalue weighted by molar-refractivity contribution is 9.10. The van der Waals surface area contributed by atoms with Crippen molar-refractivity contribution in [3.8, 4) is 0 Å². The second kappa shape index (κ2) is 11.9. The number of unbranched alkanes of at least 4 members (excludes halogenated alkanes) is 1. The van der Waals surface area contributed by atoms with E-state index in [2.05, 4.69) is 35.1 Å². The first kappa shape index (κ1) is 22.4. The molecule has 0 radical (unpaired) electrons. The van der Waals surface area contributed by atoms with Gasteiger partial charge in [0.05, 0.1) is 6.61 Å². The van der Waals surface area contributed by atoms with E-state index in [4.69, 9.17) is 4.74 Å². The zero-order valence-electron chi connectivity index (χ0n) is 15.2. The Morgan fingerprint density at radius 1 is 1.40 bits per heavy atom. The summed E-state index contributed by atoms with van der Waals surface area (Å²) in [5.74, 6) is 0.316. The average Bonchev–Trinajstić information content (AvgIpc) is 2.57. The largest absolute Gasteiger partial charge is 0.380 e. The number of rotatable bonds is 8. The fraction of sp³-hybridized carbons (Fsp3) is 0.632. The van der Waals surface area contributed by atoms with Crippen LogP contribution in [0.3, 0.4) is 0 Å². The number of hydrogen-bond donors (Lipinski definition) is 1. The molecule has 0 aromatic heterocycles. The van der Waals surface area contributed by atoms with Gasteiger partial charge in [-0.2, -0.15) is 0 Å². The summed E-state index contributed by atoms with van der Waals surface area (Å²) in [5.41, 5.74) is 0.944. The van der Waals surface area contributed by atoms with Crippen LogP contribution in [0.25, 0.3) is 0 Å². The third-order valence-corrected chi connectivity index (χ3v) is 4.95. The predicted octanol–water partition coefficient (Wildman–Crippen LogP) is 4.41. The van der Waals surface area contributed by atoms with E-state index in [0.29, 0.717) is 19.2 Å². The first-order chi connectivity index (χ1) is 11.6. The zero-order valence-corrected chi connectivity index (χ0v) is 17.6. The van der Waals surface area contributed by atoms with E-state index in [1.165, 1.54) is 0 Å². The van der Waals surface area contributed by atoms with Gasteiger partial charge in [-0.05, 0) is 50.9 Å². The molecule has 2 rings (SSSR count). The fourth-order valence-corrected chi connectivity index (χ4v) is 3.48. The summed E-state index contributed by atoms with van der Waals surface area (Å²) in [6, 6.07) is 8.37. The lowest BCUT2D eigenvalue weighted by molar-refractivity contribution is -0.123. The van der Waals surface area contributed by atoms with E-state index in [1.807, 2.05) is 29.2 Å². The highest BCUT2D eigenvalue weighted by Crippen LogP contribution is 2.25. The van der Waals surface area contributed by atoms with Crippen LogP contribution < -0.4 is 10.2 Å². The monoisotopic (exact) mass is 432 g/mol. The van der Waals surface area contributed by atoms with Crippen molar-refractivity contribution in [1.29, 1.82) is 0 Å². The van der Waals surface area contributed by atoms with E-state index in [1.54, 1.807) is 0 Å². The predicted molar refractivity (Wildman–Crippen MR) is 110 cm³/mol. The maximum absolute atomic E-state index is 13.1. The minimum Gasteiger partial charge on any atom is -0.380 e. The van der Waals surface area contributed by atoms with Crippen LogP contribution in [0.1, 0.15) is 39.5 Å². The molecular weight excluding hydrogens is 404 g/mol. The minimum absolute atomic E-state index is 0. The number of hydrogen-bond acceptors (Lipinski definition) is 3. The van der Waals surface area contributed by atoms with Crippen molar-refractivity contribution in [1.82, 2.24) is 5.32 Å². The molecule has 0 bridgehead atoms. The molecule has 25 heavy (non-hydrogen) atoms. The Hall–Kier alpha value is -0.620. The summed E-state index contributed by atoms with van der Waals surface area (Å²) >= 11 is 3.51. The van der Waals surface area contributed by atoms with Crippen molar-refractivity contribution in [2.75, 3.05) is 31.2 Å². The van der Waals surface area contributed by atoms with Gasteiger partial charge in [-0.1, -0.05) is 35.3 Å². The highest BCUT2D eigenvalue weighted by atomic mass is 79.9. The second-order valence-electron chi connectivity index (χ2n) is 6.51. The standard InChI is InChI=1S/C19H29BrN2O2.ClH/c1-3-4-11-24-12-10-22(18-7-5-6-17(20)14-18)19(23)16-8-9-21-15(2)13-16;/h5-7,14-16,21H,3-4,8-13H2,1-2H3;1H/t15-,16-;/m0./s1. The number of anilines is 1. The molecule has 1 heterocycles. The van der Waals surface area contributed by atoms with Crippen LogP contribution in [0.2, 0.25) is 0 Å². The number of piperidine rings is 1. The summed E-state index contributed by atoms with van der Waals surface area (Å²) in [5, 5.41) is 3.42. The van der Waals surface area contributed by atoms with Crippen LogP contribution in [0.4, 0.5) is 5.69 Å². The summed E-state index contributed by atoms with van der Waals surface area (Å²) in [4.78, 5) is 15.0. The first-order valence-corrected chi connectivity index (χ1v) is 9.79. The van der Waals surface area contributed by atoms with Crippen molar-refractivity contribution in [3.63, 3.8) is 0 Å². The lowest BCUT2D eigenvalue weighted by Crippen LogP contribution is -2.45. The Morgan fingerprint density at radius 2 is 2.20 bits per heavy atom. The smallest absolute Gasteiger partial charge is 0.230 e. The number of amides is 1. The van der Waals surface area contributed by atoms with Crippen LogP contribution in [-0.2, 0) is 9.53 Å². The Kier molecular flexibility index (Phi) is 10.7. The molecule has 0 aliphatic carbocycles. The second-order valence-corrected chi connectivity index (χ2v) is 7.43. The van der Waals surface area contributed by atoms with Crippen molar-refractivity contribution in [2.24, 2.45) is 5.92 Å². The number of carbonyl (C=O) groups excluding carboxylic acids is 1. The van der Waals surface area contributed by atoms with E-state index in [0.717, 1.165) is 49.0 Å². The van der Waals surface area contributed by atoms with Crippen LogP contribution in [-0.4, -0.2) is 38.3 Å². The molecule has 1 aliphatic rings. The third kappa shape index (κ3) is 7.26. The number of benzene rings is 1. The van der Waals surface area contributed by atoms with Crippen molar-refractivity contribution < 1.29 is 9.53 Å². The number of ether oxygens (including phenoxy) is 1. The van der Waals surface area contributed by atoms with Crippen LogP contribution in [0.15, 0.2) is 28.7 Å². The molecule has 1 amide bonds. The Balaban J connectivity index is 0.00000312. The van der Waals surface area contributed by atoms with Crippen LogP contribution in [0.5, 0.6) is 0 Å². The van der Waals surface area contributed by atoms with Gasteiger partial charge >= 0.3 is 0 Å². The number of nitrogens with zero attached hydrogens (tertiary/aromatic N) is 1. The van der Waals surface area contributed by atoms with Gasteiger partial charge in [0, 0.05) is 35.3 Å². The molecule has 1 fully saturated rings. The van der Waals surface area contributed by atoms with Gasteiger partial charge in [0.25, 0.3) is 0 Å². The molecule has 6 heteroatoms. The Bertz CT molecular complexity index is 530. The maximum Gasteiger partial charge on any atom is 0.230 e. The Morgan fingerprint density at radius 3 is 2.88 bits per heavy atom. The maximum atomic E-state index is 13.1. The minimum atomic E-state index is 0. The molecule has 1 saturated heterocycles. The zero-order chi connectivity index (χ0) is 17.4. The van der Waals surface area contributed by atoms with E-state index in [9.17, 15) is 4.79 Å². The summed E-state index contributed by atoms with van der Waals surface area (Å²) in [6.45, 7) is 7.17. The normalized spacial score (nSPS) is 20.0. The topological polar surface area (TPSA) is 41.6 Å². The summed E-state index contributed by atoms with van der Waals surface area (Å²) in [7, 11) is 0. The molecular formula is C19H30BrClN2O2. The lowest BCUT2D eigenvalue weighted by Gasteiger charge is -2.32. The molecule has 0 spiro atoms. The van der Waals surface area contributed by atoms with Gasteiger partial charge in [-0.15, -0.1) is 12.4 Å². The van der Waals surface area contributed by atoms with Gasteiger partial charge in [0.1, 0.15) is 0 Å².